The van der Waals surface area contributed by atoms with Gasteiger partial charge in [-0.05, 0) is 38.1 Å². The molecule has 2 unspecified atom stereocenters. The fourth-order valence-corrected chi connectivity index (χ4v) is 2.32. The van der Waals surface area contributed by atoms with Crippen LogP contribution >= 0.6 is 0 Å². The van der Waals surface area contributed by atoms with Crippen LogP contribution in [-0.4, -0.2) is 36.1 Å². The van der Waals surface area contributed by atoms with Gasteiger partial charge in [-0.1, -0.05) is 0 Å². The monoisotopic (exact) mass is 258 g/mol. The average molecular weight is 258 g/mol. The van der Waals surface area contributed by atoms with Crippen molar-refractivity contribution in [3.05, 3.63) is 29.8 Å². The van der Waals surface area contributed by atoms with E-state index in [1.165, 1.54) is 0 Å². The SMILES string of the molecule is CC1CN(C(=O)Nc2ccc(C#N)cc2)CC(C)N1. The summed E-state index contributed by atoms with van der Waals surface area (Å²) in [5.41, 5.74) is 1.30. The number of rotatable bonds is 1. The number of anilines is 1. The highest BCUT2D eigenvalue weighted by molar-refractivity contribution is 5.89. The molecule has 1 aliphatic heterocycles. The minimum atomic E-state index is -0.0927. The number of amides is 2. The molecule has 2 N–H and O–H groups in total. The van der Waals surface area contributed by atoms with Crippen LogP contribution in [0.3, 0.4) is 0 Å². The van der Waals surface area contributed by atoms with E-state index in [0.717, 1.165) is 0 Å². The maximum absolute atomic E-state index is 12.1. The third kappa shape index (κ3) is 3.46. The van der Waals surface area contributed by atoms with Crippen molar-refractivity contribution in [2.45, 2.75) is 25.9 Å². The Kier molecular flexibility index (Phi) is 4.03. The lowest BCUT2D eigenvalue weighted by molar-refractivity contribution is 0.176. The van der Waals surface area contributed by atoms with Gasteiger partial charge in [-0.15, -0.1) is 0 Å². The number of piperazine rings is 1. The first-order valence-electron chi connectivity index (χ1n) is 6.40. The Bertz CT molecular complexity index is 481. The summed E-state index contributed by atoms with van der Waals surface area (Å²) in [7, 11) is 0. The molecule has 0 aromatic heterocycles. The Balaban J connectivity index is 1.98. The van der Waals surface area contributed by atoms with Gasteiger partial charge < -0.3 is 15.5 Å². The van der Waals surface area contributed by atoms with E-state index in [1.54, 1.807) is 24.3 Å². The van der Waals surface area contributed by atoms with Crippen LogP contribution in [0.15, 0.2) is 24.3 Å². The van der Waals surface area contributed by atoms with E-state index in [2.05, 4.69) is 30.6 Å². The van der Waals surface area contributed by atoms with Gasteiger partial charge in [0.05, 0.1) is 11.6 Å². The molecule has 1 aromatic carbocycles. The Hall–Kier alpha value is -2.06. The summed E-state index contributed by atoms with van der Waals surface area (Å²) in [6.07, 6.45) is 0. The van der Waals surface area contributed by atoms with Crippen LogP contribution in [0.4, 0.5) is 10.5 Å². The molecule has 2 atom stereocenters. The van der Waals surface area contributed by atoms with Gasteiger partial charge in [0.2, 0.25) is 0 Å². The van der Waals surface area contributed by atoms with Crippen LogP contribution in [0.2, 0.25) is 0 Å². The van der Waals surface area contributed by atoms with Crippen LogP contribution in [0, 0.1) is 11.3 Å². The molecule has 0 aliphatic carbocycles. The molecular weight excluding hydrogens is 240 g/mol. The maximum Gasteiger partial charge on any atom is 0.321 e. The number of benzene rings is 1. The molecule has 1 aliphatic rings. The first kappa shape index (κ1) is 13.4. The van der Waals surface area contributed by atoms with Crippen LogP contribution in [0.5, 0.6) is 0 Å². The van der Waals surface area contributed by atoms with E-state index in [9.17, 15) is 4.79 Å². The van der Waals surface area contributed by atoms with Crippen molar-refractivity contribution in [1.82, 2.24) is 10.2 Å². The van der Waals surface area contributed by atoms with Crippen LogP contribution in [-0.2, 0) is 0 Å². The summed E-state index contributed by atoms with van der Waals surface area (Å²) in [6, 6.07) is 9.43. The fourth-order valence-electron chi connectivity index (χ4n) is 2.32. The van der Waals surface area contributed by atoms with Crippen LogP contribution in [0.25, 0.3) is 0 Å². The molecule has 5 heteroatoms. The summed E-state index contributed by atoms with van der Waals surface area (Å²) in [6.45, 7) is 5.54. The Morgan fingerprint density at radius 2 is 1.89 bits per heavy atom. The van der Waals surface area contributed by atoms with Crippen LogP contribution in [0.1, 0.15) is 19.4 Å². The van der Waals surface area contributed by atoms with Crippen molar-refractivity contribution < 1.29 is 4.79 Å². The second-order valence-corrected chi connectivity index (χ2v) is 4.99. The van der Waals surface area contributed by atoms with Gasteiger partial charge in [-0.2, -0.15) is 5.26 Å². The quantitative estimate of drug-likeness (QED) is 0.806. The van der Waals surface area contributed by atoms with E-state index < -0.39 is 0 Å². The second kappa shape index (κ2) is 5.72. The standard InChI is InChI=1S/C14H18N4O/c1-10-8-18(9-11(2)16-10)14(19)17-13-5-3-12(7-15)4-6-13/h3-6,10-11,16H,8-9H2,1-2H3,(H,17,19). The lowest BCUT2D eigenvalue weighted by atomic mass is 10.1. The van der Waals surface area contributed by atoms with E-state index in [0.29, 0.717) is 36.4 Å². The third-order valence-corrected chi connectivity index (χ3v) is 3.11. The van der Waals surface area contributed by atoms with Crippen molar-refractivity contribution in [3.8, 4) is 6.07 Å². The first-order chi connectivity index (χ1) is 9.08. The van der Waals surface area contributed by atoms with Crippen molar-refractivity contribution in [2.75, 3.05) is 18.4 Å². The molecule has 1 saturated heterocycles. The third-order valence-electron chi connectivity index (χ3n) is 3.11. The maximum atomic E-state index is 12.1. The number of carbonyl (C=O) groups excluding carboxylic acids is 1. The van der Waals surface area contributed by atoms with Gasteiger partial charge in [0.15, 0.2) is 0 Å². The van der Waals surface area contributed by atoms with E-state index in [-0.39, 0.29) is 6.03 Å². The van der Waals surface area contributed by atoms with E-state index in [1.807, 2.05) is 4.90 Å². The average Bonchev–Trinajstić information content (AvgIpc) is 2.38. The van der Waals surface area contributed by atoms with E-state index >= 15 is 0 Å². The van der Waals surface area contributed by atoms with Crippen molar-refractivity contribution >= 4 is 11.7 Å². The molecule has 0 radical (unpaired) electrons. The number of nitrogens with one attached hydrogen (secondary N) is 2. The molecule has 2 rings (SSSR count). The highest BCUT2D eigenvalue weighted by Gasteiger charge is 2.24. The molecule has 100 valence electrons. The largest absolute Gasteiger partial charge is 0.321 e. The molecule has 5 nitrogen and oxygen atoms in total. The minimum absolute atomic E-state index is 0.0927. The highest BCUT2D eigenvalue weighted by Crippen LogP contribution is 2.11. The number of hydrogen-bond donors (Lipinski definition) is 2. The Morgan fingerprint density at radius 1 is 1.32 bits per heavy atom. The summed E-state index contributed by atoms with van der Waals surface area (Å²) < 4.78 is 0. The number of urea groups is 1. The summed E-state index contributed by atoms with van der Waals surface area (Å²) in [5, 5.41) is 15.0. The molecule has 0 bridgehead atoms. The lowest BCUT2D eigenvalue weighted by Gasteiger charge is -2.36. The zero-order valence-corrected chi connectivity index (χ0v) is 11.2. The predicted molar refractivity (Wildman–Crippen MR) is 73.8 cm³/mol. The van der Waals surface area contributed by atoms with Gasteiger partial charge in [0, 0.05) is 30.9 Å². The molecule has 2 amide bonds. The second-order valence-electron chi connectivity index (χ2n) is 4.99. The normalized spacial score (nSPS) is 22.7. The predicted octanol–water partition coefficient (Wildman–Crippen LogP) is 1.77. The summed E-state index contributed by atoms with van der Waals surface area (Å²) >= 11 is 0. The lowest BCUT2D eigenvalue weighted by Crippen LogP contribution is -2.56. The zero-order valence-electron chi connectivity index (χ0n) is 11.2. The summed E-state index contributed by atoms with van der Waals surface area (Å²) in [5.74, 6) is 0. The molecule has 0 saturated carbocycles. The van der Waals surface area contributed by atoms with Gasteiger partial charge in [0.25, 0.3) is 0 Å². The van der Waals surface area contributed by atoms with Gasteiger partial charge in [-0.3, -0.25) is 0 Å². The van der Waals surface area contributed by atoms with Crippen molar-refractivity contribution in [2.24, 2.45) is 0 Å². The van der Waals surface area contributed by atoms with Crippen molar-refractivity contribution in [1.29, 1.82) is 5.26 Å². The Labute approximate surface area is 113 Å². The number of nitrogens with zero attached hydrogens (tertiary/aromatic N) is 2. The first-order valence-corrected chi connectivity index (χ1v) is 6.40. The molecule has 19 heavy (non-hydrogen) atoms. The van der Waals surface area contributed by atoms with Gasteiger partial charge in [-0.25, -0.2) is 4.79 Å². The van der Waals surface area contributed by atoms with Gasteiger partial charge in [0.1, 0.15) is 0 Å². The molecule has 1 heterocycles. The smallest absolute Gasteiger partial charge is 0.321 e. The fraction of sp³-hybridized carbons (Fsp3) is 0.429. The Morgan fingerprint density at radius 3 is 2.42 bits per heavy atom. The summed E-state index contributed by atoms with van der Waals surface area (Å²) in [4.78, 5) is 13.9. The topological polar surface area (TPSA) is 68.2 Å². The molecule has 0 spiro atoms. The highest BCUT2D eigenvalue weighted by atomic mass is 16.2. The minimum Gasteiger partial charge on any atom is -0.321 e. The van der Waals surface area contributed by atoms with Crippen molar-refractivity contribution in [3.63, 3.8) is 0 Å². The van der Waals surface area contributed by atoms with E-state index in [4.69, 9.17) is 5.26 Å². The molecule has 1 aromatic rings. The van der Waals surface area contributed by atoms with Gasteiger partial charge >= 0.3 is 6.03 Å². The molecule has 1 fully saturated rings. The van der Waals surface area contributed by atoms with Crippen LogP contribution < -0.4 is 10.6 Å². The number of carbonyl (C=O) groups is 1. The number of hydrogen-bond acceptors (Lipinski definition) is 3. The number of nitriles is 1. The zero-order chi connectivity index (χ0) is 13.8. The molecular formula is C14H18N4O.